The van der Waals surface area contributed by atoms with E-state index in [4.69, 9.17) is 9.47 Å². The lowest BCUT2D eigenvalue weighted by Crippen LogP contribution is -2.15. The van der Waals surface area contributed by atoms with Crippen LogP contribution in [-0.2, 0) is 0 Å². The number of fused-ring (bicyclic) bond motifs is 6. The van der Waals surface area contributed by atoms with E-state index in [9.17, 15) is 0 Å². The Morgan fingerprint density at radius 2 is 0.600 bits per heavy atom. The molecule has 2 unspecified atom stereocenters. The Balaban J connectivity index is 1.19. The van der Waals surface area contributed by atoms with Gasteiger partial charge in [0, 0.05) is 20.5 Å². The molecule has 0 amide bonds. The molecule has 4 heteroatoms. The van der Waals surface area contributed by atoms with Crippen LogP contribution in [0.5, 0.6) is 11.5 Å². The standard InChI is InChI=1S/C56H92O2S2/c1-7-9-11-13-15-17-19-21-23-25-27-29-31-33-35-37-39-45(3)57-53-43-49-50(52-42-48(6)60-56(52)55-51(49)41-47(5)59-55)44-54(53)58-46(4)40-38-36-34-32-30-28-26-24-22-20-18-16-14-12-10-8-2/h41-46H,7-40H2,1-6H3. The van der Waals surface area contributed by atoms with Gasteiger partial charge in [-0.15, -0.1) is 22.7 Å². The van der Waals surface area contributed by atoms with Crippen LogP contribution in [0, 0.1) is 13.8 Å². The highest BCUT2D eigenvalue weighted by molar-refractivity contribution is 7.27. The van der Waals surface area contributed by atoms with Gasteiger partial charge in [0.1, 0.15) is 0 Å². The van der Waals surface area contributed by atoms with Crippen molar-refractivity contribution in [2.24, 2.45) is 0 Å². The number of ether oxygens (including phenoxy) is 2. The molecule has 0 saturated carbocycles. The maximum atomic E-state index is 6.87. The minimum atomic E-state index is 0.166. The fraction of sp³-hybridized carbons (Fsp3) is 0.750. The highest BCUT2D eigenvalue weighted by Crippen LogP contribution is 2.46. The van der Waals surface area contributed by atoms with Crippen LogP contribution in [0.3, 0.4) is 0 Å². The van der Waals surface area contributed by atoms with E-state index in [2.05, 4.69) is 65.8 Å². The molecular formula is C56H92O2S2. The first-order valence-electron chi connectivity index (χ1n) is 26.1. The van der Waals surface area contributed by atoms with E-state index in [1.165, 1.54) is 246 Å². The molecule has 2 aromatic carbocycles. The highest BCUT2D eigenvalue weighted by atomic mass is 32.1. The topological polar surface area (TPSA) is 18.5 Å². The zero-order valence-corrected chi connectivity index (χ0v) is 41.8. The summed E-state index contributed by atoms with van der Waals surface area (Å²) in [6.45, 7) is 13.7. The second-order valence-electron chi connectivity index (χ2n) is 19.1. The van der Waals surface area contributed by atoms with E-state index in [0.717, 1.165) is 24.3 Å². The van der Waals surface area contributed by atoms with Crippen LogP contribution < -0.4 is 9.47 Å². The molecule has 4 aromatic rings. The van der Waals surface area contributed by atoms with Gasteiger partial charge in [-0.2, -0.15) is 0 Å². The molecule has 0 aliphatic heterocycles. The van der Waals surface area contributed by atoms with E-state index in [-0.39, 0.29) is 12.2 Å². The number of thiophene rings is 2. The van der Waals surface area contributed by atoms with Crippen LogP contribution in [0.2, 0.25) is 0 Å². The van der Waals surface area contributed by atoms with Crippen LogP contribution in [0.25, 0.3) is 30.9 Å². The van der Waals surface area contributed by atoms with E-state index >= 15 is 0 Å². The Labute approximate surface area is 378 Å². The van der Waals surface area contributed by atoms with Crippen molar-refractivity contribution in [1.29, 1.82) is 0 Å². The maximum Gasteiger partial charge on any atom is 0.162 e. The number of hydrogen-bond acceptors (Lipinski definition) is 4. The molecule has 0 saturated heterocycles. The second-order valence-corrected chi connectivity index (χ2v) is 21.6. The minimum Gasteiger partial charge on any atom is -0.487 e. The molecule has 60 heavy (non-hydrogen) atoms. The van der Waals surface area contributed by atoms with E-state index < -0.39 is 0 Å². The third kappa shape index (κ3) is 19.3. The number of benzene rings is 2. The number of aryl methyl sites for hydroxylation is 2. The summed E-state index contributed by atoms with van der Waals surface area (Å²) in [5.41, 5.74) is 0. The summed E-state index contributed by atoms with van der Waals surface area (Å²) in [4.78, 5) is 2.74. The largest absolute Gasteiger partial charge is 0.487 e. The molecule has 0 N–H and O–H groups in total. The molecule has 0 bridgehead atoms. The second kappa shape index (κ2) is 31.1. The quantitative estimate of drug-likeness (QED) is 0.0418. The van der Waals surface area contributed by atoms with Crippen molar-refractivity contribution in [3.63, 3.8) is 0 Å². The summed E-state index contributed by atoms with van der Waals surface area (Å²) in [7, 11) is 0. The SMILES string of the molecule is CCCCCCCCCCCCCCCCCCC(C)Oc1cc2c(cc1OC(C)CCCCCCCCCCCCCCCCCC)c1cc(C)sc1c1sc(C)cc21. The zero-order chi connectivity index (χ0) is 42.6. The monoisotopic (exact) mass is 861 g/mol. The van der Waals surface area contributed by atoms with E-state index in [0.29, 0.717) is 0 Å². The van der Waals surface area contributed by atoms with Crippen LogP contribution in [0.1, 0.15) is 256 Å². The summed E-state index contributed by atoms with van der Waals surface area (Å²) in [6, 6.07) is 9.44. The molecule has 0 fully saturated rings. The predicted octanol–water partition coefficient (Wildman–Crippen LogP) is 20.7. The molecule has 340 valence electrons. The molecule has 4 rings (SSSR count). The van der Waals surface area contributed by atoms with Gasteiger partial charge >= 0.3 is 0 Å². The number of hydrogen-bond donors (Lipinski definition) is 0. The molecule has 0 aliphatic carbocycles. The molecule has 2 nitrogen and oxygen atoms in total. The highest BCUT2D eigenvalue weighted by Gasteiger charge is 2.20. The number of unbranched alkanes of at least 4 members (excludes halogenated alkanes) is 30. The van der Waals surface area contributed by atoms with Gasteiger partial charge in [0.25, 0.3) is 0 Å². The fourth-order valence-corrected chi connectivity index (χ4v) is 11.7. The summed E-state index contributed by atoms with van der Waals surface area (Å²) in [5.74, 6) is 1.86. The first-order valence-corrected chi connectivity index (χ1v) is 27.8. The van der Waals surface area contributed by atoms with Crippen molar-refractivity contribution in [2.75, 3.05) is 0 Å². The fourth-order valence-electron chi connectivity index (χ4n) is 9.47. The van der Waals surface area contributed by atoms with E-state index in [1.54, 1.807) is 0 Å². The molecule has 2 aromatic heterocycles. The summed E-state index contributed by atoms with van der Waals surface area (Å²) >= 11 is 3.87. The van der Waals surface area contributed by atoms with Gasteiger partial charge in [-0.1, -0.05) is 206 Å². The summed E-state index contributed by atoms with van der Waals surface area (Å²) < 4.78 is 16.6. The Kier molecular flexibility index (Phi) is 26.4. The van der Waals surface area contributed by atoms with Crippen molar-refractivity contribution >= 4 is 53.6 Å². The lowest BCUT2D eigenvalue weighted by atomic mass is 10.0. The number of rotatable bonds is 38. The van der Waals surface area contributed by atoms with Gasteiger partial charge in [-0.3, -0.25) is 0 Å². The Bertz CT molecular complexity index is 1560. The van der Waals surface area contributed by atoms with Gasteiger partial charge in [0.2, 0.25) is 0 Å². The van der Waals surface area contributed by atoms with Gasteiger partial charge < -0.3 is 9.47 Å². The maximum absolute atomic E-state index is 6.87. The molecule has 0 spiro atoms. The zero-order valence-electron chi connectivity index (χ0n) is 40.1. The summed E-state index contributed by atoms with van der Waals surface area (Å²) in [6.07, 6.45) is 47.5. The van der Waals surface area contributed by atoms with Crippen molar-refractivity contribution < 1.29 is 9.47 Å². The first-order chi connectivity index (χ1) is 29.4. The average molecular weight is 861 g/mol. The minimum absolute atomic E-state index is 0.166. The van der Waals surface area contributed by atoms with Gasteiger partial charge in [0.05, 0.1) is 21.6 Å². The Morgan fingerprint density at radius 3 is 0.867 bits per heavy atom. The first kappa shape index (κ1) is 50.9. The van der Waals surface area contributed by atoms with Crippen LogP contribution >= 0.6 is 22.7 Å². The van der Waals surface area contributed by atoms with Crippen LogP contribution in [0.15, 0.2) is 24.3 Å². The molecule has 2 atom stereocenters. The third-order valence-corrected chi connectivity index (χ3v) is 15.4. The van der Waals surface area contributed by atoms with Crippen LogP contribution in [0.4, 0.5) is 0 Å². The Morgan fingerprint density at radius 1 is 0.350 bits per heavy atom. The van der Waals surface area contributed by atoms with Crippen LogP contribution in [-0.4, -0.2) is 12.2 Å². The van der Waals surface area contributed by atoms with Gasteiger partial charge in [-0.25, -0.2) is 0 Å². The molecule has 0 aliphatic rings. The van der Waals surface area contributed by atoms with Crippen molar-refractivity contribution in [3.05, 3.63) is 34.0 Å². The summed E-state index contributed by atoms with van der Waals surface area (Å²) in [5, 5.41) is 5.35. The Hall–Kier alpha value is -1.78. The van der Waals surface area contributed by atoms with Crippen molar-refractivity contribution in [1.82, 2.24) is 0 Å². The molecular weight excluding hydrogens is 769 g/mol. The lowest BCUT2D eigenvalue weighted by Gasteiger charge is -2.22. The van der Waals surface area contributed by atoms with Crippen molar-refractivity contribution in [3.8, 4) is 11.5 Å². The van der Waals surface area contributed by atoms with E-state index in [1.807, 2.05) is 22.7 Å². The third-order valence-electron chi connectivity index (χ3n) is 13.2. The lowest BCUT2D eigenvalue weighted by molar-refractivity contribution is 0.168. The predicted molar refractivity (Wildman–Crippen MR) is 273 cm³/mol. The average Bonchev–Trinajstić information content (AvgIpc) is 3.83. The van der Waals surface area contributed by atoms with Gasteiger partial charge in [0.15, 0.2) is 11.5 Å². The van der Waals surface area contributed by atoms with Gasteiger partial charge in [-0.05, 0) is 88.4 Å². The molecule has 0 radical (unpaired) electrons. The van der Waals surface area contributed by atoms with Crippen molar-refractivity contribution in [2.45, 2.75) is 272 Å². The molecule has 2 heterocycles. The normalized spacial score (nSPS) is 13.0. The smallest absolute Gasteiger partial charge is 0.162 e.